The standard InChI is InChI=1S/C18H24N4OS/c1-3-20-8-7-19-18(20)24-14-17(23)22-11-9-21(10-12-22)16-6-4-5-15(2)13-16/h4-8,13H,3,9-12,14H2,1-2H3. The fourth-order valence-corrected chi connectivity index (χ4v) is 3.86. The minimum atomic E-state index is 0.203. The van der Waals surface area contributed by atoms with Crippen molar-refractivity contribution < 1.29 is 4.79 Å². The lowest BCUT2D eigenvalue weighted by atomic mass is 10.2. The number of aromatic nitrogens is 2. The highest BCUT2D eigenvalue weighted by atomic mass is 32.2. The summed E-state index contributed by atoms with van der Waals surface area (Å²) in [6, 6.07) is 8.55. The van der Waals surface area contributed by atoms with E-state index in [2.05, 4.69) is 52.6 Å². The molecule has 3 rings (SSSR count). The highest BCUT2D eigenvalue weighted by Crippen LogP contribution is 2.20. The van der Waals surface area contributed by atoms with Crippen LogP contribution in [0, 0.1) is 6.92 Å². The molecule has 0 unspecified atom stereocenters. The molecule has 1 fully saturated rings. The maximum absolute atomic E-state index is 12.4. The molecular formula is C18H24N4OS. The number of carbonyl (C=O) groups excluding carboxylic acids is 1. The SMILES string of the molecule is CCn1ccnc1SCC(=O)N1CCN(c2cccc(C)c2)CC1. The van der Waals surface area contributed by atoms with E-state index >= 15 is 0 Å². The van der Waals surface area contributed by atoms with Crippen LogP contribution in [0.1, 0.15) is 12.5 Å². The van der Waals surface area contributed by atoms with E-state index in [-0.39, 0.29) is 5.91 Å². The largest absolute Gasteiger partial charge is 0.368 e. The molecule has 0 atom stereocenters. The summed E-state index contributed by atoms with van der Waals surface area (Å²) in [5, 5.41) is 0.921. The van der Waals surface area contributed by atoms with E-state index in [1.807, 2.05) is 11.1 Å². The number of thioether (sulfide) groups is 1. The Kier molecular flexibility index (Phi) is 5.45. The normalized spacial score (nSPS) is 14.9. The molecule has 5 nitrogen and oxygen atoms in total. The van der Waals surface area contributed by atoms with Gasteiger partial charge in [0.05, 0.1) is 5.75 Å². The quantitative estimate of drug-likeness (QED) is 0.782. The van der Waals surface area contributed by atoms with Crippen LogP contribution < -0.4 is 4.90 Å². The molecule has 1 amide bonds. The summed E-state index contributed by atoms with van der Waals surface area (Å²) in [6.07, 6.45) is 3.74. The van der Waals surface area contributed by atoms with Gasteiger partial charge in [-0.1, -0.05) is 23.9 Å². The van der Waals surface area contributed by atoms with Crippen molar-refractivity contribution in [1.29, 1.82) is 0 Å². The predicted molar refractivity (Wildman–Crippen MR) is 98.6 cm³/mol. The number of hydrogen-bond acceptors (Lipinski definition) is 4. The summed E-state index contributed by atoms with van der Waals surface area (Å²) in [7, 11) is 0. The minimum Gasteiger partial charge on any atom is -0.368 e. The number of benzene rings is 1. The Labute approximate surface area is 147 Å². The lowest BCUT2D eigenvalue weighted by Crippen LogP contribution is -2.49. The molecule has 0 N–H and O–H groups in total. The Balaban J connectivity index is 1.50. The van der Waals surface area contributed by atoms with Gasteiger partial charge in [-0.3, -0.25) is 4.79 Å². The molecule has 0 bridgehead atoms. The third-order valence-corrected chi connectivity index (χ3v) is 5.33. The van der Waals surface area contributed by atoms with Crippen molar-refractivity contribution in [2.45, 2.75) is 25.5 Å². The van der Waals surface area contributed by atoms with Gasteiger partial charge in [0.15, 0.2) is 5.16 Å². The molecule has 0 radical (unpaired) electrons. The molecule has 6 heteroatoms. The average Bonchev–Trinajstić information content (AvgIpc) is 3.07. The Hall–Kier alpha value is -1.95. The first kappa shape index (κ1) is 16.9. The number of nitrogens with zero attached hydrogens (tertiary/aromatic N) is 4. The summed E-state index contributed by atoms with van der Waals surface area (Å²) in [5.41, 5.74) is 2.52. The van der Waals surface area contributed by atoms with E-state index in [4.69, 9.17) is 0 Å². The zero-order chi connectivity index (χ0) is 16.9. The van der Waals surface area contributed by atoms with Gasteiger partial charge in [0, 0.05) is 50.8 Å². The Morgan fingerprint density at radius 1 is 1.25 bits per heavy atom. The maximum atomic E-state index is 12.4. The Bertz CT molecular complexity index is 692. The van der Waals surface area contributed by atoms with Crippen molar-refractivity contribution in [3.8, 4) is 0 Å². The van der Waals surface area contributed by atoms with E-state index in [9.17, 15) is 4.79 Å². The van der Waals surface area contributed by atoms with Crippen LogP contribution >= 0.6 is 11.8 Å². The van der Waals surface area contributed by atoms with Gasteiger partial charge < -0.3 is 14.4 Å². The Morgan fingerprint density at radius 2 is 2.04 bits per heavy atom. The van der Waals surface area contributed by atoms with Crippen LogP contribution in [0.15, 0.2) is 41.8 Å². The van der Waals surface area contributed by atoms with E-state index in [0.29, 0.717) is 5.75 Å². The summed E-state index contributed by atoms with van der Waals surface area (Å²) in [6.45, 7) is 8.43. The topological polar surface area (TPSA) is 41.4 Å². The first-order chi connectivity index (χ1) is 11.7. The van der Waals surface area contributed by atoms with Crippen molar-refractivity contribution in [3.63, 3.8) is 0 Å². The molecule has 1 aliphatic heterocycles. The minimum absolute atomic E-state index is 0.203. The van der Waals surface area contributed by atoms with E-state index in [1.165, 1.54) is 23.0 Å². The van der Waals surface area contributed by atoms with Gasteiger partial charge in [0.2, 0.25) is 5.91 Å². The second-order valence-electron chi connectivity index (χ2n) is 5.99. The van der Waals surface area contributed by atoms with Gasteiger partial charge in [-0.2, -0.15) is 0 Å². The van der Waals surface area contributed by atoms with Crippen molar-refractivity contribution in [3.05, 3.63) is 42.2 Å². The first-order valence-electron chi connectivity index (χ1n) is 8.40. The summed E-state index contributed by atoms with van der Waals surface area (Å²) in [4.78, 5) is 21.1. The second-order valence-corrected chi connectivity index (χ2v) is 6.93. The third kappa shape index (κ3) is 3.93. The van der Waals surface area contributed by atoms with Gasteiger partial charge in [0.25, 0.3) is 0 Å². The molecular weight excluding hydrogens is 320 g/mol. The summed E-state index contributed by atoms with van der Waals surface area (Å²) < 4.78 is 2.06. The molecule has 1 aromatic carbocycles. The fourth-order valence-electron chi connectivity index (χ4n) is 2.93. The van der Waals surface area contributed by atoms with Gasteiger partial charge in [-0.25, -0.2) is 4.98 Å². The van der Waals surface area contributed by atoms with Crippen molar-refractivity contribution in [2.75, 3.05) is 36.8 Å². The number of piperazine rings is 1. The van der Waals surface area contributed by atoms with Gasteiger partial charge >= 0.3 is 0 Å². The van der Waals surface area contributed by atoms with Gasteiger partial charge in [-0.05, 0) is 31.5 Å². The molecule has 0 aliphatic carbocycles. The number of amides is 1. The van der Waals surface area contributed by atoms with Crippen molar-refractivity contribution in [1.82, 2.24) is 14.5 Å². The Morgan fingerprint density at radius 3 is 2.75 bits per heavy atom. The molecule has 1 aromatic heterocycles. The van der Waals surface area contributed by atoms with E-state index < -0.39 is 0 Å². The van der Waals surface area contributed by atoms with Crippen LogP contribution in [0.3, 0.4) is 0 Å². The zero-order valence-corrected chi connectivity index (χ0v) is 15.1. The maximum Gasteiger partial charge on any atom is 0.233 e. The number of aryl methyl sites for hydroxylation is 2. The van der Waals surface area contributed by atoms with Crippen LogP contribution in [-0.2, 0) is 11.3 Å². The number of hydrogen-bond donors (Lipinski definition) is 0. The molecule has 128 valence electrons. The highest BCUT2D eigenvalue weighted by molar-refractivity contribution is 7.99. The predicted octanol–water partition coefficient (Wildman–Crippen LogP) is 2.65. The van der Waals surface area contributed by atoms with Crippen LogP contribution in [-0.4, -0.2) is 52.3 Å². The number of anilines is 1. The van der Waals surface area contributed by atoms with Crippen molar-refractivity contribution in [2.24, 2.45) is 0 Å². The van der Waals surface area contributed by atoms with Gasteiger partial charge in [0.1, 0.15) is 0 Å². The average molecular weight is 344 g/mol. The molecule has 0 saturated carbocycles. The van der Waals surface area contributed by atoms with Crippen LogP contribution in [0.25, 0.3) is 0 Å². The van der Waals surface area contributed by atoms with Crippen molar-refractivity contribution >= 4 is 23.4 Å². The summed E-state index contributed by atoms with van der Waals surface area (Å²) in [5.74, 6) is 0.663. The smallest absolute Gasteiger partial charge is 0.233 e. The lowest BCUT2D eigenvalue weighted by molar-refractivity contribution is -0.128. The fraction of sp³-hybridized carbons (Fsp3) is 0.444. The van der Waals surface area contributed by atoms with Crippen LogP contribution in [0.5, 0.6) is 0 Å². The van der Waals surface area contributed by atoms with Crippen LogP contribution in [0.4, 0.5) is 5.69 Å². The first-order valence-corrected chi connectivity index (χ1v) is 9.39. The molecule has 2 heterocycles. The molecule has 1 aliphatic rings. The second kappa shape index (κ2) is 7.75. The third-order valence-electron chi connectivity index (χ3n) is 4.34. The summed E-state index contributed by atoms with van der Waals surface area (Å²) >= 11 is 1.53. The van der Waals surface area contributed by atoms with E-state index in [1.54, 1.807) is 6.20 Å². The number of imidazole rings is 1. The lowest BCUT2D eigenvalue weighted by Gasteiger charge is -2.36. The van der Waals surface area contributed by atoms with E-state index in [0.717, 1.165) is 37.9 Å². The molecule has 2 aromatic rings. The number of carbonyl (C=O) groups is 1. The van der Waals surface area contributed by atoms with Gasteiger partial charge in [-0.15, -0.1) is 0 Å². The highest BCUT2D eigenvalue weighted by Gasteiger charge is 2.21. The van der Waals surface area contributed by atoms with Crippen LogP contribution in [0.2, 0.25) is 0 Å². The number of rotatable bonds is 5. The molecule has 24 heavy (non-hydrogen) atoms. The molecule has 1 saturated heterocycles. The molecule has 0 spiro atoms. The zero-order valence-electron chi connectivity index (χ0n) is 14.3. The monoisotopic (exact) mass is 344 g/mol.